The Bertz CT molecular complexity index is 870. The molecule has 2 heterocycles. The first-order valence-electron chi connectivity index (χ1n) is 8.71. The largest absolute Gasteiger partial charge is 0.367 e. The zero-order chi connectivity index (χ0) is 17.9. The predicted molar refractivity (Wildman–Crippen MR) is 103 cm³/mol. The number of nitrogens with zero attached hydrogens (tertiary/aromatic N) is 3. The first kappa shape index (κ1) is 17.1. The Morgan fingerprint density at radius 1 is 1.00 bits per heavy atom. The van der Waals surface area contributed by atoms with Gasteiger partial charge in [-0.05, 0) is 29.8 Å². The number of hydrogen-bond acceptors (Lipinski definition) is 3. The normalized spacial score (nSPS) is 15.4. The summed E-state index contributed by atoms with van der Waals surface area (Å²) in [4.78, 5) is 4.49. The molecule has 4 nitrogen and oxygen atoms in total. The molecule has 0 bridgehead atoms. The monoisotopic (exact) mass is 370 g/mol. The van der Waals surface area contributed by atoms with Gasteiger partial charge in [-0.2, -0.15) is 5.10 Å². The zero-order valence-corrected chi connectivity index (χ0v) is 15.1. The summed E-state index contributed by atoms with van der Waals surface area (Å²) >= 11 is 5.98. The fourth-order valence-electron chi connectivity index (χ4n) is 3.39. The molecule has 0 unspecified atom stereocenters. The quantitative estimate of drug-likeness (QED) is 0.747. The lowest BCUT2D eigenvalue weighted by molar-refractivity contribution is 0.249. The van der Waals surface area contributed by atoms with Crippen LogP contribution in [0.1, 0.15) is 5.56 Å². The minimum Gasteiger partial charge on any atom is -0.367 e. The van der Waals surface area contributed by atoms with Gasteiger partial charge in [0.05, 0.1) is 17.6 Å². The summed E-state index contributed by atoms with van der Waals surface area (Å²) in [6, 6.07) is 14.7. The van der Waals surface area contributed by atoms with Crippen molar-refractivity contribution < 1.29 is 4.39 Å². The number of hydrogen-bond donors (Lipinski definition) is 1. The van der Waals surface area contributed by atoms with Crippen molar-refractivity contribution in [2.75, 3.05) is 31.1 Å². The van der Waals surface area contributed by atoms with E-state index in [0.717, 1.165) is 54.6 Å². The predicted octanol–water partition coefficient (Wildman–Crippen LogP) is 4.19. The molecule has 1 saturated heterocycles. The van der Waals surface area contributed by atoms with Crippen molar-refractivity contribution >= 4 is 17.3 Å². The third-order valence-corrected chi connectivity index (χ3v) is 5.06. The highest BCUT2D eigenvalue weighted by Gasteiger charge is 2.20. The number of nitrogens with one attached hydrogen (secondary N) is 1. The Labute approximate surface area is 157 Å². The maximum Gasteiger partial charge on any atom is 0.146 e. The van der Waals surface area contributed by atoms with E-state index in [2.05, 4.69) is 20.0 Å². The smallest absolute Gasteiger partial charge is 0.146 e. The lowest BCUT2D eigenvalue weighted by atomic mass is 10.1. The van der Waals surface area contributed by atoms with Gasteiger partial charge in [0.15, 0.2) is 0 Å². The number of anilines is 1. The highest BCUT2D eigenvalue weighted by atomic mass is 35.5. The number of benzene rings is 2. The van der Waals surface area contributed by atoms with Crippen LogP contribution in [0.5, 0.6) is 0 Å². The summed E-state index contributed by atoms with van der Waals surface area (Å²) < 4.78 is 14.0. The fourth-order valence-corrected chi connectivity index (χ4v) is 3.52. The van der Waals surface area contributed by atoms with Crippen LogP contribution in [-0.4, -0.2) is 41.3 Å². The van der Waals surface area contributed by atoms with Crippen LogP contribution in [0.15, 0.2) is 54.7 Å². The van der Waals surface area contributed by atoms with Gasteiger partial charge in [-0.3, -0.25) is 10.00 Å². The van der Waals surface area contributed by atoms with Gasteiger partial charge in [0.2, 0.25) is 0 Å². The van der Waals surface area contributed by atoms with E-state index in [1.165, 1.54) is 6.07 Å². The lowest BCUT2D eigenvalue weighted by Gasteiger charge is -2.36. The summed E-state index contributed by atoms with van der Waals surface area (Å²) in [7, 11) is 0. The van der Waals surface area contributed by atoms with Gasteiger partial charge in [-0.1, -0.05) is 35.9 Å². The molecular formula is C20H20ClFN4. The van der Waals surface area contributed by atoms with Crippen molar-refractivity contribution in [2.24, 2.45) is 0 Å². The maximum atomic E-state index is 14.0. The van der Waals surface area contributed by atoms with Crippen LogP contribution in [0.25, 0.3) is 11.3 Å². The second-order valence-corrected chi connectivity index (χ2v) is 6.93. The molecule has 1 aliphatic rings. The van der Waals surface area contributed by atoms with Gasteiger partial charge in [0, 0.05) is 43.3 Å². The van der Waals surface area contributed by atoms with E-state index in [0.29, 0.717) is 5.69 Å². The molecule has 4 rings (SSSR count). The summed E-state index contributed by atoms with van der Waals surface area (Å²) in [5.41, 5.74) is 3.95. The minimum atomic E-state index is -0.152. The molecule has 1 fully saturated rings. The van der Waals surface area contributed by atoms with Gasteiger partial charge in [-0.25, -0.2) is 4.39 Å². The molecule has 2 aromatic carbocycles. The summed E-state index contributed by atoms with van der Waals surface area (Å²) in [5.74, 6) is -0.152. The average molecular weight is 371 g/mol. The Kier molecular flexibility index (Phi) is 4.91. The van der Waals surface area contributed by atoms with Gasteiger partial charge >= 0.3 is 0 Å². The van der Waals surface area contributed by atoms with E-state index in [9.17, 15) is 4.39 Å². The number of piperazine rings is 1. The molecule has 1 N–H and O–H groups in total. The molecule has 0 amide bonds. The van der Waals surface area contributed by atoms with Gasteiger partial charge < -0.3 is 4.90 Å². The zero-order valence-electron chi connectivity index (χ0n) is 14.3. The summed E-state index contributed by atoms with van der Waals surface area (Å²) in [6.45, 7) is 4.23. The highest BCUT2D eigenvalue weighted by molar-refractivity contribution is 6.30. The SMILES string of the molecule is Fc1ccccc1N1CCN(Cc2cn[nH]c2-c2ccc(Cl)cc2)CC1. The molecule has 0 aliphatic carbocycles. The minimum absolute atomic E-state index is 0.152. The Balaban J connectivity index is 1.42. The van der Waals surface area contributed by atoms with E-state index in [1.54, 1.807) is 6.07 Å². The van der Waals surface area contributed by atoms with Crippen molar-refractivity contribution in [3.05, 3.63) is 71.1 Å². The Morgan fingerprint density at radius 2 is 1.73 bits per heavy atom. The second-order valence-electron chi connectivity index (χ2n) is 6.49. The van der Waals surface area contributed by atoms with Crippen molar-refractivity contribution in [3.63, 3.8) is 0 Å². The van der Waals surface area contributed by atoms with E-state index in [-0.39, 0.29) is 5.82 Å². The van der Waals surface area contributed by atoms with Gasteiger partial charge in [0.1, 0.15) is 5.82 Å². The van der Waals surface area contributed by atoms with Crippen molar-refractivity contribution in [1.82, 2.24) is 15.1 Å². The van der Waals surface area contributed by atoms with E-state index < -0.39 is 0 Å². The fraction of sp³-hybridized carbons (Fsp3) is 0.250. The van der Waals surface area contributed by atoms with Crippen LogP contribution in [0, 0.1) is 5.82 Å². The number of rotatable bonds is 4. The van der Waals surface area contributed by atoms with E-state index in [1.807, 2.05) is 42.6 Å². The van der Waals surface area contributed by atoms with Crippen molar-refractivity contribution in [1.29, 1.82) is 0 Å². The molecule has 1 aromatic heterocycles. The summed E-state index contributed by atoms with van der Waals surface area (Å²) in [5, 5.41) is 8.03. The second kappa shape index (κ2) is 7.48. The number of aromatic nitrogens is 2. The number of aromatic amines is 1. The first-order valence-corrected chi connectivity index (χ1v) is 9.08. The van der Waals surface area contributed by atoms with Crippen LogP contribution < -0.4 is 4.90 Å². The van der Waals surface area contributed by atoms with E-state index in [4.69, 9.17) is 11.6 Å². The van der Waals surface area contributed by atoms with Crippen molar-refractivity contribution in [3.8, 4) is 11.3 Å². The molecule has 26 heavy (non-hydrogen) atoms. The molecule has 1 aliphatic heterocycles. The molecule has 0 atom stereocenters. The standard InChI is InChI=1S/C20H20ClFN4/c21-17-7-5-15(6-8-17)20-16(13-23-24-20)14-25-9-11-26(12-10-25)19-4-2-1-3-18(19)22/h1-8,13H,9-12,14H2,(H,23,24). The van der Waals surface area contributed by atoms with Gasteiger partial charge in [0.25, 0.3) is 0 Å². The molecule has 0 radical (unpaired) electrons. The third-order valence-electron chi connectivity index (χ3n) is 4.81. The molecule has 134 valence electrons. The molecule has 0 spiro atoms. The molecular weight excluding hydrogens is 351 g/mol. The first-order chi connectivity index (χ1) is 12.7. The Morgan fingerprint density at radius 3 is 2.46 bits per heavy atom. The molecule has 0 saturated carbocycles. The van der Waals surface area contributed by atoms with Crippen molar-refractivity contribution in [2.45, 2.75) is 6.54 Å². The lowest BCUT2D eigenvalue weighted by Crippen LogP contribution is -2.46. The van der Waals surface area contributed by atoms with E-state index >= 15 is 0 Å². The summed E-state index contributed by atoms with van der Waals surface area (Å²) in [6.07, 6.45) is 1.88. The topological polar surface area (TPSA) is 35.2 Å². The number of para-hydroxylation sites is 1. The number of H-pyrrole nitrogens is 1. The number of halogens is 2. The van der Waals surface area contributed by atoms with Crippen LogP contribution >= 0.6 is 11.6 Å². The molecule has 6 heteroatoms. The Hall–Kier alpha value is -2.37. The third kappa shape index (κ3) is 3.59. The molecule has 3 aromatic rings. The van der Waals surface area contributed by atoms with Crippen LogP contribution in [-0.2, 0) is 6.54 Å². The van der Waals surface area contributed by atoms with Crippen LogP contribution in [0.4, 0.5) is 10.1 Å². The maximum absolute atomic E-state index is 14.0. The van der Waals surface area contributed by atoms with Crippen LogP contribution in [0.3, 0.4) is 0 Å². The average Bonchev–Trinajstić information content (AvgIpc) is 3.12. The van der Waals surface area contributed by atoms with Crippen LogP contribution in [0.2, 0.25) is 5.02 Å². The van der Waals surface area contributed by atoms with Gasteiger partial charge in [-0.15, -0.1) is 0 Å². The highest BCUT2D eigenvalue weighted by Crippen LogP contribution is 2.25.